The van der Waals surface area contributed by atoms with Gasteiger partial charge in [0, 0.05) is 30.8 Å². The van der Waals surface area contributed by atoms with E-state index in [0.717, 1.165) is 38.0 Å². The molecule has 0 amide bonds. The van der Waals surface area contributed by atoms with Crippen molar-refractivity contribution < 1.29 is 23.3 Å². The molecule has 2 bridgehead atoms. The Bertz CT molecular complexity index is 1190. The first kappa shape index (κ1) is 23.4. The van der Waals surface area contributed by atoms with Gasteiger partial charge in [-0.15, -0.1) is 0 Å². The fourth-order valence-corrected chi connectivity index (χ4v) is 5.77. The molecule has 3 fully saturated rings. The highest BCUT2D eigenvalue weighted by atomic mass is 19.1. The molecule has 6 heterocycles. The minimum absolute atomic E-state index is 0.0547. The normalized spacial score (nSPS) is 29.2. The van der Waals surface area contributed by atoms with E-state index in [4.69, 9.17) is 18.9 Å². The topological polar surface area (TPSA) is 90.3 Å². The molecule has 192 valence electrons. The van der Waals surface area contributed by atoms with E-state index in [0.29, 0.717) is 61.0 Å². The summed E-state index contributed by atoms with van der Waals surface area (Å²) >= 11 is 0. The van der Waals surface area contributed by atoms with E-state index in [2.05, 4.69) is 20.3 Å². The number of rotatable bonds is 7. The van der Waals surface area contributed by atoms with Gasteiger partial charge in [0.2, 0.25) is 11.8 Å². The van der Waals surface area contributed by atoms with Crippen LogP contribution in [-0.2, 0) is 20.6 Å². The smallest absolute Gasteiger partial charge is 0.236 e. The van der Waals surface area contributed by atoms with Gasteiger partial charge in [0.05, 0.1) is 42.8 Å². The minimum atomic E-state index is -0.329. The summed E-state index contributed by atoms with van der Waals surface area (Å²) in [6.07, 6.45) is 8.23. The van der Waals surface area contributed by atoms with Gasteiger partial charge in [0.25, 0.3) is 0 Å². The van der Waals surface area contributed by atoms with Crippen LogP contribution in [0.4, 0.5) is 4.39 Å². The van der Waals surface area contributed by atoms with Gasteiger partial charge in [-0.25, -0.2) is 9.37 Å². The average molecular weight is 498 g/mol. The Morgan fingerprint density at radius 1 is 1.19 bits per heavy atom. The number of nitrogens with zero attached hydrogens (tertiary/aromatic N) is 4. The zero-order valence-electron chi connectivity index (χ0n) is 20.8. The van der Waals surface area contributed by atoms with Crippen LogP contribution in [0.1, 0.15) is 37.7 Å². The molecule has 2 aromatic rings. The number of nitrogens with one attached hydrogen (secondary N) is 1. The van der Waals surface area contributed by atoms with Gasteiger partial charge in [-0.3, -0.25) is 9.98 Å². The molecule has 7 rings (SSSR count). The van der Waals surface area contributed by atoms with Crippen molar-refractivity contribution in [1.29, 1.82) is 0 Å². The van der Waals surface area contributed by atoms with E-state index in [1.807, 2.05) is 18.0 Å². The lowest BCUT2D eigenvalue weighted by Gasteiger charge is -2.54. The summed E-state index contributed by atoms with van der Waals surface area (Å²) in [4.78, 5) is 15.4. The minimum Gasteiger partial charge on any atom is -0.483 e. The largest absolute Gasteiger partial charge is 0.483 e. The molecule has 2 saturated heterocycles. The molecule has 5 aliphatic rings. The Morgan fingerprint density at radius 2 is 2.03 bits per heavy atom. The number of ether oxygens (including phenoxy) is 4. The molecule has 36 heavy (non-hydrogen) atoms. The Labute approximate surface area is 209 Å². The first-order valence-corrected chi connectivity index (χ1v) is 12.6. The van der Waals surface area contributed by atoms with E-state index in [9.17, 15) is 4.39 Å². The fraction of sp³-hybridized carbons (Fsp3) is 0.577. The van der Waals surface area contributed by atoms with Crippen molar-refractivity contribution in [1.82, 2.24) is 20.2 Å². The Morgan fingerprint density at radius 3 is 2.81 bits per heavy atom. The molecule has 1 saturated carbocycles. The van der Waals surface area contributed by atoms with Gasteiger partial charge in [0.15, 0.2) is 5.76 Å². The van der Waals surface area contributed by atoms with E-state index >= 15 is 0 Å². The number of halogens is 1. The van der Waals surface area contributed by atoms with Crippen molar-refractivity contribution in [2.45, 2.75) is 55.8 Å². The molecule has 0 radical (unpaired) electrons. The number of allylic oxidation sites excluding steroid dienone is 1. The number of fused-ring (bicyclic) bond motifs is 4. The maximum Gasteiger partial charge on any atom is 0.236 e. The third kappa shape index (κ3) is 4.16. The van der Waals surface area contributed by atoms with Crippen LogP contribution < -0.4 is 10.1 Å². The lowest BCUT2D eigenvalue weighted by Crippen LogP contribution is -2.63. The van der Waals surface area contributed by atoms with Crippen molar-refractivity contribution in [2.24, 2.45) is 4.99 Å². The number of hydrogen-bond acceptors (Lipinski definition) is 9. The molecule has 0 aromatic carbocycles. The summed E-state index contributed by atoms with van der Waals surface area (Å²) in [5.74, 6) is 1.59. The molecule has 1 aliphatic carbocycles. The van der Waals surface area contributed by atoms with Crippen molar-refractivity contribution in [3.63, 3.8) is 0 Å². The molecular formula is C26H32FN5O4. The first-order valence-electron chi connectivity index (χ1n) is 12.6. The van der Waals surface area contributed by atoms with E-state index < -0.39 is 0 Å². The molecule has 0 spiro atoms. The first-order chi connectivity index (χ1) is 17.5. The number of methoxy groups -OCH3 is 1. The summed E-state index contributed by atoms with van der Waals surface area (Å²) in [7, 11) is 3.54. The van der Waals surface area contributed by atoms with Gasteiger partial charge >= 0.3 is 0 Å². The molecule has 2 aromatic heterocycles. The van der Waals surface area contributed by atoms with Gasteiger partial charge in [-0.2, -0.15) is 0 Å². The number of aromatic nitrogens is 2. The van der Waals surface area contributed by atoms with Crippen LogP contribution in [0, 0.1) is 5.82 Å². The lowest BCUT2D eigenvalue weighted by molar-refractivity contribution is -0.165. The molecule has 1 atom stereocenters. The number of hydrogen-bond donors (Lipinski definition) is 1. The second-order valence-corrected chi connectivity index (χ2v) is 10.2. The highest BCUT2D eigenvalue weighted by molar-refractivity contribution is 5.78. The summed E-state index contributed by atoms with van der Waals surface area (Å²) in [6.45, 7) is 2.45. The zero-order valence-corrected chi connectivity index (χ0v) is 20.8. The molecule has 9 nitrogen and oxygen atoms in total. The quantitative estimate of drug-likeness (QED) is 0.625. The SMILES string of the molecule is COc1ccc2ncc(F)c(CCC34CCC(NCC5N=CC6=C(OCCO6)N5C)(CC3)CO4)c2n1. The third-order valence-electron chi connectivity index (χ3n) is 8.13. The summed E-state index contributed by atoms with van der Waals surface area (Å²) in [6, 6.07) is 3.56. The summed E-state index contributed by atoms with van der Waals surface area (Å²) in [5.41, 5.74) is 1.54. The van der Waals surface area contributed by atoms with Gasteiger partial charge in [-0.05, 0) is 44.6 Å². The predicted molar refractivity (Wildman–Crippen MR) is 131 cm³/mol. The van der Waals surface area contributed by atoms with Crippen LogP contribution in [-0.4, -0.2) is 78.9 Å². The monoisotopic (exact) mass is 497 g/mol. The molecule has 1 N–H and O–H groups in total. The lowest BCUT2D eigenvalue weighted by atomic mass is 9.69. The van der Waals surface area contributed by atoms with E-state index in [-0.39, 0.29) is 23.1 Å². The van der Waals surface area contributed by atoms with Crippen LogP contribution >= 0.6 is 0 Å². The van der Waals surface area contributed by atoms with Crippen LogP contribution in [0.3, 0.4) is 0 Å². The second-order valence-electron chi connectivity index (χ2n) is 10.2. The van der Waals surface area contributed by atoms with Gasteiger partial charge in [-0.1, -0.05) is 0 Å². The van der Waals surface area contributed by atoms with Crippen molar-refractivity contribution in [3.8, 4) is 5.88 Å². The van der Waals surface area contributed by atoms with Gasteiger partial charge < -0.3 is 29.2 Å². The molecule has 10 heteroatoms. The third-order valence-corrected chi connectivity index (χ3v) is 8.13. The number of aryl methyl sites for hydroxylation is 1. The van der Waals surface area contributed by atoms with E-state index in [1.54, 1.807) is 19.4 Å². The van der Waals surface area contributed by atoms with Crippen LogP contribution in [0.5, 0.6) is 5.88 Å². The Kier molecular flexibility index (Phi) is 5.95. The van der Waals surface area contributed by atoms with Crippen LogP contribution in [0.2, 0.25) is 0 Å². The summed E-state index contributed by atoms with van der Waals surface area (Å²) in [5, 5.41) is 3.76. The standard InChI is InChI=1S/C26H32FN5O4/c1-32-21(29-14-20-24(32)35-12-11-34-20)15-30-25-7-9-26(10-8-25,36-16-25)6-5-17-18(27)13-28-19-3-4-22(33-2)31-23(17)19/h3-4,13-14,21,30H,5-12,15-16H2,1-2H3. The average Bonchev–Trinajstić information content (AvgIpc) is 2.93. The van der Waals surface area contributed by atoms with Crippen molar-refractivity contribution in [3.05, 3.63) is 41.4 Å². The molecule has 4 aliphatic heterocycles. The predicted octanol–water partition coefficient (Wildman–Crippen LogP) is 2.94. The van der Waals surface area contributed by atoms with E-state index in [1.165, 1.54) is 6.20 Å². The Balaban J connectivity index is 1.08. The van der Waals surface area contributed by atoms with Crippen LogP contribution in [0.15, 0.2) is 35.0 Å². The maximum absolute atomic E-state index is 14.8. The van der Waals surface area contributed by atoms with Crippen molar-refractivity contribution in [2.75, 3.05) is 40.5 Å². The fourth-order valence-electron chi connectivity index (χ4n) is 5.77. The van der Waals surface area contributed by atoms with Crippen LogP contribution in [0.25, 0.3) is 11.0 Å². The molecule has 1 unspecified atom stereocenters. The maximum atomic E-state index is 14.8. The Hall–Kier alpha value is -2.98. The number of aliphatic imine (C=N–C) groups is 1. The second kappa shape index (κ2) is 9.15. The molecular weight excluding hydrogens is 465 g/mol. The highest BCUT2D eigenvalue weighted by Gasteiger charge is 2.49. The summed E-state index contributed by atoms with van der Waals surface area (Å²) < 4.78 is 38.0. The highest BCUT2D eigenvalue weighted by Crippen LogP contribution is 2.46. The number of pyridine rings is 2. The van der Waals surface area contributed by atoms with Gasteiger partial charge in [0.1, 0.15) is 25.2 Å². The zero-order chi connectivity index (χ0) is 24.8. The number of likely N-dealkylation sites (N-methyl/N-ethyl adjacent to an activating group) is 1. The van der Waals surface area contributed by atoms with Crippen molar-refractivity contribution >= 4 is 17.2 Å².